The van der Waals surface area contributed by atoms with E-state index in [2.05, 4.69) is 0 Å². The van der Waals surface area contributed by atoms with Gasteiger partial charge in [0.15, 0.2) is 0 Å². The maximum Gasteiger partial charge on any atom is 0.0540 e. The maximum atomic E-state index is 5.57. The van der Waals surface area contributed by atoms with Crippen molar-refractivity contribution >= 4 is 23.4 Å². The Morgan fingerprint density at radius 3 is 2.75 bits per heavy atom. The van der Waals surface area contributed by atoms with Crippen molar-refractivity contribution in [3.05, 3.63) is 23.4 Å². The number of nitrogens with zero attached hydrogens (tertiary/aromatic N) is 1. The molecule has 0 amide bonds. The van der Waals surface area contributed by atoms with Crippen LogP contribution in [-0.4, -0.2) is 11.0 Å². The molecule has 0 N–H and O–H groups in total. The van der Waals surface area contributed by atoms with Crippen molar-refractivity contribution in [2.75, 3.05) is 6.54 Å². The molecule has 44 valence electrons. The van der Waals surface area contributed by atoms with Gasteiger partial charge < -0.3 is 0 Å². The summed E-state index contributed by atoms with van der Waals surface area (Å²) in [5, 5.41) is 0.752. The Balaban J connectivity index is 2.58. The second-order valence-corrected chi connectivity index (χ2v) is 2.36. The molecule has 1 rings (SSSR count). The van der Waals surface area contributed by atoms with Crippen molar-refractivity contribution in [3.8, 4) is 0 Å². The number of hydrogen-bond donors (Lipinski definition) is 0. The summed E-state index contributed by atoms with van der Waals surface area (Å²) in [6.45, 7) is 0.691. The van der Waals surface area contributed by atoms with Crippen LogP contribution in [0.4, 0.5) is 0 Å². The monoisotopic (exact) mass is 149 g/mol. The van der Waals surface area contributed by atoms with E-state index in [-0.39, 0.29) is 0 Å². The molecule has 0 aromatic carbocycles. The third-order valence-electron chi connectivity index (χ3n) is 0.856. The summed E-state index contributed by atoms with van der Waals surface area (Å²) in [7, 11) is 0. The molecule has 1 aliphatic rings. The minimum Gasteiger partial charge on any atom is -0.289 e. The van der Waals surface area contributed by atoms with Gasteiger partial charge in [0.05, 0.1) is 6.54 Å². The second-order valence-electron chi connectivity index (χ2n) is 1.49. The third kappa shape index (κ3) is 1.42. The van der Waals surface area contributed by atoms with E-state index in [1.807, 2.05) is 6.08 Å². The van der Waals surface area contributed by atoms with Crippen LogP contribution in [0.5, 0.6) is 0 Å². The van der Waals surface area contributed by atoms with Gasteiger partial charge in [0.1, 0.15) is 0 Å². The lowest BCUT2D eigenvalue weighted by Crippen LogP contribution is -2.05. The van der Waals surface area contributed by atoms with Crippen molar-refractivity contribution in [3.63, 3.8) is 0 Å². The van der Waals surface area contributed by atoms with Crippen LogP contribution in [0.1, 0.15) is 0 Å². The van der Waals surface area contributed by atoms with E-state index in [1.165, 1.54) is 4.42 Å². The molecule has 0 saturated carbocycles. The van der Waals surface area contributed by atoms with Crippen LogP contribution < -0.4 is 0 Å². The van der Waals surface area contributed by atoms with Crippen molar-refractivity contribution < 1.29 is 0 Å². The summed E-state index contributed by atoms with van der Waals surface area (Å²) in [5.41, 5.74) is 0. The summed E-state index contributed by atoms with van der Waals surface area (Å²) in [5.74, 6) is 0. The van der Waals surface area contributed by atoms with Crippen LogP contribution in [-0.2, 0) is 0 Å². The molecule has 0 aromatic heterocycles. The van der Waals surface area contributed by atoms with Gasteiger partial charge in [-0.1, -0.05) is 11.6 Å². The highest BCUT2D eigenvalue weighted by molar-refractivity contribution is 6.31. The minimum atomic E-state index is 0.691. The first-order chi connectivity index (χ1) is 3.79. The highest BCUT2D eigenvalue weighted by atomic mass is 35.5. The fourth-order valence-electron chi connectivity index (χ4n) is 0.455. The van der Waals surface area contributed by atoms with Crippen LogP contribution in [0.3, 0.4) is 0 Å². The Bertz CT molecular complexity index is 139. The van der Waals surface area contributed by atoms with Crippen molar-refractivity contribution in [2.45, 2.75) is 0 Å². The van der Waals surface area contributed by atoms with Gasteiger partial charge in [-0.05, 0) is 12.2 Å². The van der Waals surface area contributed by atoms with Crippen LogP contribution in [0, 0.1) is 0 Å². The minimum absolute atomic E-state index is 0.691. The summed E-state index contributed by atoms with van der Waals surface area (Å²) < 4.78 is 1.53. The number of halogens is 2. The first kappa shape index (κ1) is 5.99. The topological polar surface area (TPSA) is 3.24 Å². The average Bonchev–Trinajstić information content (AvgIpc) is 1.77. The summed E-state index contributed by atoms with van der Waals surface area (Å²) in [6.07, 6.45) is 5.32. The Morgan fingerprint density at radius 1 is 1.62 bits per heavy atom. The van der Waals surface area contributed by atoms with E-state index in [0.29, 0.717) is 6.54 Å². The van der Waals surface area contributed by atoms with E-state index in [1.54, 1.807) is 12.3 Å². The second kappa shape index (κ2) is 2.42. The Morgan fingerprint density at radius 2 is 2.38 bits per heavy atom. The highest BCUT2D eigenvalue weighted by Gasteiger charge is 1.96. The molecular weight excluding hydrogens is 145 g/mol. The van der Waals surface area contributed by atoms with Gasteiger partial charge in [0, 0.05) is 23.0 Å². The molecule has 0 aliphatic carbocycles. The fourth-order valence-corrected chi connectivity index (χ4v) is 0.706. The van der Waals surface area contributed by atoms with Crippen LogP contribution in [0.2, 0.25) is 0 Å². The average molecular weight is 150 g/mol. The predicted molar refractivity (Wildman–Crippen MR) is 35.6 cm³/mol. The van der Waals surface area contributed by atoms with Gasteiger partial charge in [0.2, 0.25) is 0 Å². The summed E-state index contributed by atoms with van der Waals surface area (Å²) in [4.78, 5) is 0. The summed E-state index contributed by atoms with van der Waals surface area (Å²) in [6, 6.07) is 0. The Kier molecular flexibility index (Phi) is 1.81. The SMILES string of the molecule is ClC1=CCN(Cl)C=C1. The zero-order chi connectivity index (χ0) is 5.98. The predicted octanol–water partition coefficient (Wildman–Crippen LogP) is 2.09. The van der Waals surface area contributed by atoms with Gasteiger partial charge in [-0.2, -0.15) is 0 Å². The largest absolute Gasteiger partial charge is 0.289 e. The van der Waals surface area contributed by atoms with E-state index in [0.717, 1.165) is 5.03 Å². The molecule has 1 aliphatic heterocycles. The van der Waals surface area contributed by atoms with Gasteiger partial charge >= 0.3 is 0 Å². The van der Waals surface area contributed by atoms with E-state index >= 15 is 0 Å². The number of hydrogen-bond acceptors (Lipinski definition) is 1. The van der Waals surface area contributed by atoms with Crippen molar-refractivity contribution in [1.82, 2.24) is 4.42 Å². The third-order valence-corrected chi connectivity index (χ3v) is 1.39. The molecule has 0 atom stereocenters. The van der Waals surface area contributed by atoms with Gasteiger partial charge in [-0.25, -0.2) is 0 Å². The molecular formula is C5H5Cl2N. The highest BCUT2D eigenvalue weighted by Crippen LogP contribution is 2.10. The molecule has 0 saturated heterocycles. The molecule has 1 heterocycles. The lowest BCUT2D eigenvalue weighted by atomic mass is 10.4. The molecule has 0 radical (unpaired) electrons. The van der Waals surface area contributed by atoms with E-state index in [4.69, 9.17) is 23.4 Å². The molecule has 0 bridgehead atoms. The molecule has 0 spiro atoms. The van der Waals surface area contributed by atoms with Gasteiger partial charge in [-0.15, -0.1) is 0 Å². The zero-order valence-corrected chi connectivity index (χ0v) is 5.65. The molecule has 0 fully saturated rings. The van der Waals surface area contributed by atoms with Crippen LogP contribution in [0.15, 0.2) is 23.4 Å². The molecule has 0 aromatic rings. The molecule has 8 heavy (non-hydrogen) atoms. The fraction of sp³-hybridized carbons (Fsp3) is 0.200. The first-order valence-corrected chi connectivity index (χ1v) is 2.97. The lowest BCUT2D eigenvalue weighted by Gasteiger charge is -2.09. The Hall–Kier alpha value is -0.140. The van der Waals surface area contributed by atoms with Crippen LogP contribution >= 0.6 is 23.4 Å². The lowest BCUT2D eigenvalue weighted by molar-refractivity contribution is 0.668. The standard InChI is InChI=1S/C5H5Cl2N/c6-5-1-3-8(7)4-2-5/h1-3H,4H2. The normalized spacial score (nSPS) is 18.8. The molecule has 1 nitrogen and oxygen atoms in total. The quantitative estimate of drug-likeness (QED) is 0.478. The van der Waals surface area contributed by atoms with Crippen molar-refractivity contribution in [2.24, 2.45) is 0 Å². The first-order valence-electron chi connectivity index (χ1n) is 2.25. The zero-order valence-electron chi connectivity index (χ0n) is 4.14. The van der Waals surface area contributed by atoms with Crippen molar-refractivity contribution in [1.29, 1.82) is 0 Å². The van der Waals surface area contributed by atoms with Gasteiger partial charge in [0.25, 0.3) is 0 Å². The van der Waals surface area contributed by atoms with E-state index < -0.39 is 0 Å². The smallest absolute Gasteiger partial charge is 0.0540 e. The number of rotatable bonds is 0. The summed E-state index contributed by atoms with van der Waals surface area (Å²) >= 11 is 11.1. The molecule has 0 unspecified atom stereocenters. The molecule has 3 heteroatoms. The Labute approximate surface area is 58.3 Å². The maximum absolute atomic E-state index is 5.57. The van der Waals surface area contributed by atoms with E-state index in [9.17, 15) is 0 Å². The van der Waals surface area contributed by atoms with Crippen LogP contribution in [0.25, 0.3) is 0 Å². The number of allylic oxidation sites excluding steroid dienone is 2. The van der Waals surface area contributed by atoms with Gasteiger partial charge in [-0.3, -0.25) is 4.42 Å².